The molecule has 24 heavy (non-hydrogen) atoms. The Morgan fingerprint density at radius 3 is 2.67 bits per heavy atom. The van der Waals surface area contributed by atoms with Crippen molar-refractivity contribution in [1.29, 1.82) is 0 Å². The molecule has 0 unspecified atom stereocenters. The molecule has 2 aromatic rings. The molecule has 1 aliphatic carbocycles. The molecule has 126 valence electrons. The van der Waals surface area contributed by atoms with Crippen LogP contribution < -0.4 is 10.6 Å². The molecule has 1 aliphatic rings. The number of aromatic nitrogens is 2. The van der Waals surface area contributed by atoms with Crippen molar-refractivity contribution in [1.82, 2.24) is 20.4 Å². The average Bonchev–Trinajstić information content (AvgIpc) is 3.21. The first-order chi connectivity index (χ1) is 11.7. The lowest BCUT2D eigenvalue weighted by molar-refractivity contribution is 0.632. The maximum atomic E-state index is 4.61. The fourth-order valence-electron chi connectivity index (χ4n) is 3.04. The average molecular weight is 323 g/mol. The summed E-state index contributed by atoms with van der Waals surface area (Å²) < 4.78 is 2.00. The molecule has 0 saturated heterocycles. The van der Waals surface area contributed by atoms with E-state index >= 15 is 0 Å². The quantitative estimate of drug-likeness (QED) is 0.517. The molecule has 0 atom stereocenters. The minimum absolute atomic E-state index is 0.447. The van der Waals surface area contributed by atoms with Gasteiger partial charge in [-0.05, 0) is 44.4 Å². The maximum Gasteiger partial charge on any atom is 0.191 e. The molecule has 3 rings (SSSR count). The Bertz CT molecular complexity index is 749. The number of guanidine groups is 1. The van der Waals surface area contributed by atoms with Crippen LogP contribution in [-0.2, 0) is 6.54 Å². The zero-order valence-corrected chi connectivity index (χ0v) is 14.6. The highest BCUT2D eigenvalue weighted by atomic mass is 15.3. The van der Waals surface area contributed by atoms with Crippen molar-refractivity contribution in [2.45, 2.75) is 39.3 Å². The van der Waals surface area contributed by atoms with Gasteiger partial charge >= 0.3 is 0 Å². The second kappa shape index (κ2) is 7.34. The normalized spacial score (nSPS) is 15.0. The lowest BCUT2D eigenvalue weighted by Crippen LogP contribution is -2.42. The van der Waals surface area contributed by atoms with Gasteiger partial charge in [0.25, 0.3) is 0 Å². The van der Waals surface area contributed by atoms with E-state index in [1.165, 1.54) is 5.56 Å². The predicted molar refractivity (Wildman–Crippen MR) is 98.5 cm³/mol. The number of nitrogens with zero attached hydrogens (tertiary/aromatic N) is 3. The van der Waals surface area contributed by atoms with Crippen molar-refractivity contribution < 1.29 is 0 Å². The first-order valence-electron chi connectivity index (χ1n) is 8.41. The van der Waals surface area contributed by atoms with Crippen LogP contribution in [0.25, 0.3) is 5.69 Å². The number of hydrogen-bond donors (Lipinski definition) is 2. The highest BCUT2D eigenvalue weighted by molar-refractivity contribution is 5.80. The molecule has 0 fully saturated rings. The largest absolute Gasteiger partial charge is 0.353 e. The summed E-state index contributed by atoms with van der Waals surface area (Å²) in [5, 5.41) is 11.5. The van der Waals surface area contributed by atoms with Gasteiger partial charge in [0.2, 0.25) is 0 Å². The van der Waals surface area contributed by atoms with Crippen molar-refractivity contribution in [2.75, 3.05) is 7.05 Å². The van der Waals surface area contributed by atoms with Crippen LogP contribution in [-0.4, -0.2) is 28.8 Å². The zero-order valence-electron chi connectivity index (χ0n) is 14.6. The molecule has 0 radical (unpaired) electrons. The summed E-state index contributed by atoms with van der Waals surface area (Å²) in [5.74, 6) is 0.840. The number of rotatable bonds is 4. The van der Waals surface area contributed by atoms with Crippen LogP contribution >= 0.6 is 0 Å². The van der Waals surface area contributed by atoms with Crippen LogP contribution in [0.1, 0.15) is 29.8 Å². The first-order valence-corrected chi connectivity index (χ1v) is 8.41. The molecule has 0 saturated carbocycles. The number of para-hydroxylation sites is 1. The van der Waals surface area contributed by atoms with Crippen molar-refractivity contribution >= 4 is 5.96 Å². The van der Waals surface area contributed by atoms with Crippen LogP contribution in [0.2, 0.25) is 0 Å². The number of aliphatic imine (C=N–C) groups is 1. The summed E-state index contributed by atoms with van der Waals surface area (Å²) in [4.78, 5) is 4.33. The van der Waals surface area contributed by atoms with Gasteiger partial charge in [0, 0.05) is 25.3 Å². The summed E-state index contributed by atoms with van der Waals surface area (Å²) in [6, 6.07) is 10.9. The summed E-state index contributed by atoms with van der Waals surface area (Å²) >= 11 is 0. The van der Waals surface area contributed by atoms with Gasteiger partial charge in [-0.3, -0.25) is 4.99 Å². The molecule has 5 nitrogen and oxygen atoms in total. The van der Waals surface area contributed by atoms with E-state index in [9.17, 15) is 0 Å². The molecule has 0 spiro atoms. The van der Waals surface area contributed by atoms with Crippen molar-refractivity contribution in [3.63, 3.8) is 0 Å². The van der Waals surface area contributed by atoms with E-state index in [1.54, 1.807) is 0 Å². The molecule has 0 amide bonds. The van der Waals surface area contributed by atoms with E-state index in [-0.39, 0.29) is 0 Å². The Hall–Kier alpha value is -2.56. The lowest BCUT2D eigenvalue weighted by Gasteiger charge is -2.18. The number of nitrogens with one attached hydrogen (secondary N) is 2. The Labute approximate surface area is 143 Å². The van der Waals surface area contributed by atoms with Crippen LogP contribution in [0, 0.1) is 13.8 Å². The number of aryl methyl sites for hydroxylation is 2. The van der Waals surface area contributed by atoms with Crippen LogP contribution in [0.4, 0.5) is 0 Å². The second-order valence-electron chi connectivity index (χ2n) is 6.18. The van der Waals surface area contributed by atoms with Gasteiger partial charge in [0.15, 0.2) is 5.96 Å². The van der Waals surface area contributed by atoms with Crippen molar-refractivity contribution in [3.05, 3.63) is 59.4 Å². The van der Waals surface area contributed by atoms with Crippen LogP contribution in [0.5, 0.6) is 0 Å². The molecular formula is C19H25N5. The molecule has 0 bridgehead atoms. The topological polar surface area (TPSA) is 54.2 Å². The third kappa shape index (κ3) is 3.67. The highest BCUT2D eigenvalue weighted by Crippen LogP contribution is 2.17. The Balaban J connectivity index is 1.72. The molecule has 0 aliphatic heterocycles. The standard InChI is InChI=1S/C19H25N5/c1-14-12-15(2)24(23-14)18-11-7-4-8-16(18)13-21-19(20-3)22-17-9-5-6-10-17/h4-8,11-12,17H,9-10,13H2,1-3H3,(H2,20,21,22). The van der Waals surface area contributed by atoms with Crippen LogP contribution in [0.3, 0.4) is 0 Å². The van der Waals surface area contributed by atoms with E-state index in [2.05, 4.69) is 64.1 Å². The minimum Gasteiger partial charge on any atom is -0.353 e. The van der Waals surface area contributed by atoms with Gasteiger partial charge in [-0.2, -0.15) is 5.10 Å². The third-order valence-electron chi connectivity index (χ3n) is 4.25. The third-order valence-corrected chi connectivity index (χ3v) is 4.25. The van der Waals surface area contributed by atoms with Gasteiger partial charge in [0.05, 0.1) is 11.4 Å². The summed E-state index contributed by atoms with van der Waals surface area (Å²) in [5.41, 5.74) is 4.46. The Morgan fingerprint density at radius 1 is 1.25 bits per heavy atom. The monoisotopic (exact) mass is 323 g/mol. The van der Waals surface area contributed by atoms with Crippen molar-refractivity contribution in [3.8, 4) is 5.69 Å². The first kappa shape index (κ1) is 16.3. The second-order valence-corrected chi connectivity index (χ2v) is 6.18. The zero-order chi connectivity index (χ0) is 16.9. The Kier molecular flexibility index (Phi) is 4.99. The van der Waals surface area contributed by atoms with E-state index in [4.69, 9.17) is 0 Å². The number of benzene rings is 1. The minimum atomic E-state index is 0.447. The summed E-state index contributed by atoms with van der Waals surface area (Å²) in [7, 11) is 1.81. The SMILES string of the molecule is CN=C(NCc1ccccc1-n1nc(C)cc1C)NC1CC=CC1. The van der Waals surface area contributed by atoms with Gasteiger partial charge in [-0.25, -0.2) is 4.68 Å². The Morgan fingerprint density at radius 2 is 2.00 bits per heavy atom. The lowest BCUT2D eigenvalue weighted by atomic mass is 10.1. The highest BCUT2D eigenvalue weighted by Gasteiger charge is 2.13. The van der Waals surface area contributed by atoms with E-state index in [0.717, 1.165) is 35.9 Å². The number of hydrogen-bond acceptors (Lipinski definition) is 2. The van der Waals surface area contributed by atoms with Gasteiger partial charge in [-0.15, -0.1) is 0 Å². The van der Waals surface area contributed by atoms with E-state index in [0.29, 0.717) is 12.6 Å². The smallest absolute Gasteiger partial charge is 0.191 e. The molecule has 5 heteroatoms. The molecular weight excluding hydrogens is 298 g/mol. The molecule has 1 heterocycles. The van der Waals surface area contributed by atoms with Gasteiger partial charge in [-0.1, -0.05) is 30.4 Å². The van der Waals surface area contributed by atoms with Gasteiger partial charge in [0.1, 0.15) is 0 Å². The fraction of sp³-hybridized carbons (Fsp3) is 0.368. The summed E-state index contributed by atoms with van der Waals surface area (Å²) in [6.07, 6.45) is 6.54. The molecule has 1 aromatic carbocycles. The van der Waals surface area contributed by atoms with Crippen LogP contribution in [0.15, 0.2) is 47.5 Å². The van der Waals surface area contributed by atoms with E-state index < -0.39 is 0 Å². The predicted octanol–water partition coefficient (Wildman–Crippen LogP) is 2.87. The maximum absolute atomic E-state index is 4.61. The molecule has 1 aromatic heterocycles. The van der Waals surface area contributed by atoms with Gasteiger partial charge < -0.3 is 10.6 Å². The fourth-order valence-corrected chi connectivity index (χ4v) is 3.04. The molecule has 2 N–H and O–H groups in total. The van der Waals surface area contributed by atoms with E-state index in [1.807, 2.05) is 24.7 Å². The summed E-state index contributed by atoms with van der Waals surface area (Å²) in [6.45, 7) is 4.80. The van der Waals surface area contributed by atoms with Crippen molar-refractivity contribution in [2.24, 2.45) is 4.99 Å².